The Morgan fingerprint density at radius 3 is 2.60 bits per heavy atom. The Bertz CT molecular complexity index is 99.4. The number of aliphatic hydroxyl groups is 1. The summed E-state index contributed by atoms with van der Waals surface area (Å²) in [5, 5.41) is 8.60. The van der Waals surface area contributed by atoms with Crippen LogP contribution in [0.1, 0.15) is 6.42 Å². The van der Waals surface area contributed by atoms with E-state index in [2.05, 4.69) is 13.2 Å². The lowest BCUT2D eigenvalue weighted by Crippen LogP contribution is -2.14. The SMILES string of the molecule is C=CCCO[C@H](C=C)CO. The fraction of sp³-hybridized carbons (Fsp3) is 0.500. The summed E-state index contributed by atoms with van der Waals surface area (Å²) in [6, 6.07) is 0. The molecule has 1 atom stereocenters. The van der Waals surface area contributed by atoms with Gasteiger partial charge in [0.15, 0.2) is 0 Å². The topological polar surface area (TPSA) is 29.5 Å². The van der Waals surface area contributed by atoms with Crippen LogP contribution in [-0.2, 0) is 4.74 Å². The molecule has 2 nitrogen and oxygen atoms in total. The lowest BCUT2D eigenvalue weighted by atomic mass is 10.3. The van der Waals surface area contributed by atoms with Crippen LogP contribution in [0.5, 0.6) is 0 Å². The van der Waals surface area contributed by atoms with Crippen LogP contribution < -0.4 is 0 Å². The molecule has 2 heteroatoms. The fourth-order valence-corrected chi connectivity index (χ4v) is 0.498. The Morgan fingerprint density at radius 1 is 1.50 bits per heavy atom. The molecule has 0 amide bonds. The average Bonchev–Trinajstić information content (AvgIpc) is 1.99. The predicted molar refractivity (Wildman–Crippen MR) is 41.8 cm³/mol. The van der Waals surface area contributed by atoms with Gasteiger partial charge in [-0.1, -0.05) is 12.2 Å². The van der Waals surface area contributed by atoms with Crippen molar-refractivity contribution in [1.82, 2.24) is 0 Å². The molecule has 0 rings (SSSR count). The van der Waals surface area contributed by atoms with Crippen molar-refractivity contribution in [2.45, 2.75) is 12.5 Å². The third kappa shape index (κ3) is 4.30. The molecule has 0 aromatic rings. The molecular formula is C8H14O2. The van der Waals surface area contributed by atoms with Crippen LogP contribution in [0.25, 0.3) is 0 Å². The van der Waals surface area contributed by atoms with E-state index in [0.29, 0.717) is 6.61 Å². The second-order valence-corrected chi connectivity index (χ2v) is 1.90. The van der Waals surface area contributed by atoms with Crippen LogP contribution in [0.3, 0.4) is 0 Å². The third-order valence-corrected chi connectivity index (χ3v) is 1.10. The number of aliphatic hydroxyl groups excluding tert-OH is 1. The van der Waals surface area contributed by atoms with Crippen molar-refractivity contribution >= 4 is 0 Å². The number of hydrogen-bond donors (Lipinski definition) is 1. The van der Waals surface area contributed by atoms with Crippen LogP contribution >= 0.6 is 0 Å². The smallest absolute Gasteiger partial charge is 0.0984 e. The van der Waals surface area contributed by atoms with E-state index in [0.717, 1.165) is 6.42 Å². The summed E-state index contributed by atoms with van der Waals surface area (Å²) in [4.78, 5) is 0. The largest absolute Gasteiger partial charge is 0.393 e. The maximum Gasteiger partial charge on any atom is 0.0984 e. The molecule has 0 aliphatic carbocycles. The molecule has 0 radical (unpaired) electrons. The molecule has 10 heavy (non-hydrogen) atoms. The molecule has 1 N–H and O–H groups in total. The quantitative estimate of drug-likeness (QED) is 0.445. The highest BCUT2D eigenvalue weighted by atomic mass is 16.5. The molecular weight excluding hydrogens is 128 g/mol. The Morgan fingerprint density at radius 2 is 2.20 bits per heavy atom. The van der Waals surface area contributed by atoms with E-state index < -0.39 is 0 Å². The van der Waals surface area contributed by atoms with E-state index in [1.165, 1.54) is 0 Å². The summed E-state index contributed by atoms with van der Waals surface area (Å²) < 4.78 is 5.14. The van der Waals surface area contributed by atoms with Gasteiger partial charge < -0.3 is 9.84 Å². The maximum absolute atomic E-state index is 8.60. The van der Waals surface area contributed by atoms with Crippen molar-refractivity contribution in [2.75, 3.05) is 13.2 Å². The summed E-state index contributed by atoms with van der Waals surface area (Å²) in [6.45, 7) is 7.64. The average molecular weight is 142 g/mol. The van der Waals surface area contributed by atoms with Gasteiger partial charge in [0, 0.05) is 0 Å². The van der Waals surface area contributed by atoms with Gasteiger partial charge in [0.25, 0.3) is 0 Å². The molecule has 0 saturated carbocycles. The molecule has 0 bridgehead atoms. The number of rotatable bonds is 6. The molecule has 0 fully saturated rings. The Kier molecular flexibility index (Phi) is 6.13. The van der Waals surface area contributed by atoms with Gasteiger partial charge in [0.05, 0.1) is 19.3 Å². The van der Waals surface area contributed by atoms with Crippen molar-refractivity contribution in [3.63, 3.8) is 0 Å². The van der Waals surface area contributed by atoms with Gasteiger partial charge in [-0.3, -0.25) is 0 Å². The minimum absolute atomic E-state index is 0.000638. The zero-order valence-corrected chi connectivity index (χ0v) is 6.12. The summed E-state index contributed by atoms with van der Waals surface area (Å²) in [5.41, 5.74) is 0. The molecule has 58 valence electrons. The molecule has 0 aliphatic rings. The van der Waals surface area contributed by atoms with Crippen molar-refractivity contribution in [2.24, 2.45) is 0 Å². The van der Waals surface area contributed by atoms with Crippen LogP contribution in [0.15, 0.2) is 25.3 Å². The monoisotopic (exact) mass is 142 g/mol. The minimum atomic E-state index is -0.222. The van der Waals surface area contributed by atoms with Gasteiger partial charge in [0.2, 0.25) is 0 Å². The first kappa shape index (κ1) is 9.40. The molecule has 0 unspecified atom stereocenters. The van der Waals surface area contributed by atoms with Crippen LogP contribution in [-0.4, -0.2) is 24.4 Å². The number of hydrogen-bond acceptors (Lipinski definition) is 2. The third-order valence-electron chi connectivity index (χ3n) is 1.10. The van der Waals surface area contributed by atoms with Crippen molar-refractivity contribution in [3.05, 3.63) is 25.3 Å². The van der Waals surface area contributed by atoms with E-state index in [4.69, 9.17) is 9.84 Å². The van der Waals surface area contributed by atoms with Crippen LogP contribution in [0, 0.1) is 0 Å². The van der Waals surface area contributed by atoms with Gasteiger partial charge in [-0.25, -0.2) is 0 Å². The van der Waals surface area contributed by atoms with Crippen molar-refractivity contribution in [3.8, 4) is 0 Å². The van der Waals surface area contributed by atoms with Gasteiger partial charge in [0.1, 0.15) is 0 Å². The zero-order valence-electron chi connectivity index (χ0n) is 6.12. The maximum atomic E-state index is 8.60. The number of ether oxygens (including phenoxy) is 1. The van der Waals surface area contributed by atoms with Crippen LogP contribution in [0.4, 0.5) is 0 Å². The molecule has 0 aromatic heterocycles. The first-order valence-corrected chi connectivity index (χ1v) is 3.31. The van der Waals surface area contributed by atoms with Gasteiger partial charge in [-0.05, 0) is 6.42 Å². The normalized spacial score (nSPS) is 12.5. The van der Waals surface area contributed by atoms with Gasteiger partial charge in [-0.15, -0.1) is 13.2 Å². The summed E-state index contributed by atoms with van der Waals surface area (Å²) in [7, 11) is 0. The first-order valence-electron chi connectivity index (χ1n) is 3.31. The molecule has 0 saturated heterocycles. The van der Waals surface area contributed by atoms with Gasteiger partial charge >= 0.3 is 0 Å². The zero-order chi connectivity index (χ0) is 7.82. The van der Waals surface area contributed by atoms with E-state index >= 15 is 0 Å². The molecule has 0 spiro atoms. The minimum Gasteiger partial charge on any atom is -0.393 e. The van der Waals surface area contributed by atoms with E-state index in [-0.39, 0.29) is 12.7 Å². The lowest BCUT2D eigenvalue weighted by molar-refractivity contribution is 0.0458. The Hall–Kier alpha value is -0.600. The van der Waals surface area contributed by atoms with E-state index in [1.807, 2.05) is 0 Å². The van der Waals surface area contributed by atoms with Crippen LogP contribution in [0.2, 0.25) is 0 Å². The van der Waals surface area contributed by atoms with E-state index in [1.54, 1.807) is 12.2 Å². The Labute approximate surface area is 61.8 Å². The summed E-state index contributed by atoms with van der Waals surface area (Å²) in [6.07, 6.45) is 3.95. The lowest BCUT2D eigenvalue weighted by Gasteiger charge is -2.08. The summed E-state index contributed by atoms with van der Waals surface area (Å²) >= 11 is 0. The van der Waals surface area contributed by atoms with Crippen molar-refractivity contribution in [1.29, 1.82) is 0 Å². The second kappa shape index (κ2) is 6.52. The Balaban J connectivity index is 3.25. The highest BCUT2D eigenvalue weighted by Gasteiger charge is 1.98. The molecule has 0 aromatic carbocycles. The highest BCUT2D eigenvalue weighted by molar-refractivity contribution is 4.79. The summed E-state index contributed by atoms with van der Waals surface area (Å²) in [5.74, 6) is 0. The fourth-order valence-electron chi connectivity index (χ4n) is 0.498. The molecule has 0 heterocycles. The van der Waals surface area contributed by atoms with Crippen molar-refractivity contribution < 1.29 is 9.84 Å². The highest BCUT2D eigenvalue weighted by Crippen LogP contribution is 1.93. The van der Waals surface area contributed by atoms with Gasteiger partial charge in [-0.2, -0.15) is 0 Å². The predicted octanol–water partition coefficient (Wildman–Crippen LogP) is 1.13. The first-order chi connectivity index (χ1) is 4.85. The second-order valence-electron chi connectivity index (χ2n) is 1.90. The standard InChI is InChI=1S/C8H14O2/c1-3-5-6-10-8(4-2)7-9/h3-4,8-9H,1-2,5-7H2/t8-/m1/s1. The van der Waals surface area contributed by atoms with E-state index in [9.17, 15) is 0 Å². The molecule has 0 aliphatic heterocycles.